The van der Waals surface area contributed by atoms with Crippen molar-refractivity contribution in [3.8, 4) is 0 Å². The lowest BCUT2D eigenvalue weighted by Crippen LogP contribution is -2.34. The van der Waals surface area contributed by atoms with Gasteiger partial charge in [0, 0.05) is 25.0 Å². The van der Waals surface area contributed by atoms with E-state index in [-0.39, 0.29) is 18.0 Å². The Morgan fingerprint density at radius 3 is 2.36 bits per heavy atom. The number of benzene rings is 1. The van der Waals surface area contributed by atoms with E-state index in [1.54, 1.807) is 49.0 Å². The van der Waals surface area contributed by atoms with Crippen LogP contribution in [-0.2, 0) is 7.05 Å². The van der Waals surface area contributed by atoms with Gasteiger partial charge in [-0.15, -0.1) is 0 Å². The number of carbonyl (C=O) groups excluding carboxylic acids is 2. The highest BCUT2D eigenvalue weighted by atomic mass is 16.2. The van der Waals surface area contributed by atoms with Crippen molar-refractivity contribution in [3.63, 3.8) is 0 Å². The molecule has 0 saturated heterocycles. The number of hydrogen-bond donors (Lipinski definition) is 3. The van der Waals surface area contributed by atoms with Gasteiger partial charge in [0.1, 0.15) is 5.69 Å². The number of aromatic nitrogens is 1. The lowest BCUT2D eigenvalue weighted by molar-refractivity contribution is 0.0946. The minimum absolute atomic E-state index is 0.0708. The molecule has 0 aliphatic carbocycles. The summed E-state index contributed by atoms with van der Waals surface area (Å²) in [7, 11) is 1.80. The van der Waals surface area contributed by atoms with Gasteiger partial charge in [-0.2, -0.15) is 5.10 Å². The highest BCUT2D eigenvalue weighted by molar-refractivity contribution is 6.01. The van der Waals surface area contributed by atoms with Crippen LogP contribution in [0.4, 0.5) is 10.5 Å². The molecule has 7 heteroatoms. The highest BCUT2D eigenvalue weighted by Crippen LogP contribution is 2.10. The van der Waals surface area contributed by atoms with Crippen molar-refractivity contribution >= 4 is 23.3 Å². The molecular weight excluding hydrogens is 318 g/mol. The molecule has 0 aliphatic heterocycles. The highest BCUT2D eigenvalue weighted by Gasteiger charge is 2.08. The molecule has 0 radical (unpaired) electrons. The standard InChI is InChI=1S/C18H23N5O2/c1-12(2)19-18(25)20-15-9-7-14(8-10-15)13(3)21-22-17(24)16-6-5-11-23(16)4/h5-12H,1-4H3,(H,22,24)(H2,19,20,25). The SMILES string of the molecule is CC(=NNC(=O)c1cccn1C)c1ccc(NC(=O)NC(C)C)cc1. The molecule has 2 rings (SSSR count). The Bertz CT molecular complexity index is 775. The van der Waals surface area contributed by atoms with Gasteiger partial charge >= 0.3 is 6.03 Å². The maximum Gasteiger partial charge on any atom is 0.319 e. The van der Waals surface area contributed by atoms with Gasteiger partial charge in [0.2, 0.25) is 0 Å². The Hall–Kier alpha value is -3.09. The summed E-state index contributed by atoms with van der Waals surface area (Å²) in [5.74, 6) is -0.268. The normalized spacial score (nSPS) is 11.3. The summed E-state index contributed by atoms with van der Waals surface area (Å²) < 4.78 is 1.73. The van der Waals surface area contributed by atoms with Crippen LogP contribution in [-0.4, -0.2) is 28.3 Å². The summed E-state index contributed by atoms with van der Waals surface area (Å²) in [4.78, 5) is 23.7. The summed E-state index contributed by atoms with van der Waals surface area (Å²) in [6, 6.07) is 10.6. The van der Waals surface area contributed by atoms with Crippen molar-refractivity contribution in [3.05, 3.63) is 53.9 Å². The number of rotatable bonds is 5. The first-order chi connectivity index (χ1) is 11.9. The zero-order chi connectivity index (χ0) is 18.4. The van der Waals surface area contributed by atoms with Gasteiger partial charge in [-0.25, -0.2) is 10.2 Å². The molecule has 0 saturated carbocycles. The Morgan fingerprint density at radius 2 is 1.80 bits per heavy atom. The quantitative estimate of drug-likeness (QED) is 0.577. The fourth-order valence-electron chi connectivity index (χ4n) is 2.18. The topological polar surface area (TPSA) is 87.5 Å². The summed E-state index contributed by atoms with van der Waals surface area (Å²) in [5, 5.41) is 9.63. The second kappa shape index (κ2) is 8.14. The Kier molecular flexibility index (Phi) is 5.94. The summed E-state index contributed by atoms with van der Waals surface area (Å²) in [6.45, 7) is 5.59. The van der Waals surface area contributed by atoms with Gasteiger partial charge in [0.05, 0.1) is 5.71 Å². The Morgan fingerprint density at radius 1 is 1.12 bits per heavy atom. The largest absolute Gasteiger partial charge is 0.347 e. The lowest BCUT2D eigenvalue weighted by Gasteiger charge is -2.10. The number of carbonyl (C=O) groups is 2. The van der Waals surface area contributed by atoms with Crippen LogP contribution >= 0.6 is 0 Å². The molecule has 0 unspecified atom stereocenters. The smallest absolute Gasteiger partial charge is 0.319 e. The lowest BCUT2D eigenvalue weighted by atomic mass is 10.1. The number of nitrogens with zero attached hydrogens (tertiary/aromatic N) is 2. The van der Waals surface area contributed by atoms with Crippen LogP contribution in [0.15, 0.2) is 47.7 Å². The number of urea groups is 1. The van der Waals surface area contributed by atoms with Crippen LogP contribution in [0.2, 0.25) is 0 Å². The molecule has 25 heavy (non-hydrogen) atoms. The van der Waals surface area contributed by atoms with E-state index in [1.165, 1.54) is 0 Å². The first-order valence-electron chi connectivity index (χ1n) is 8.00. The molecule has 0 bridgehead atoms. The maximum absolute atomic E-state index is 12.0. The van der Waals surface area contributed by atoms with Gasteiger partial charge in [-0.1, -0.05) is 12.1 Å². The second-order valence-corrected chi connectivity index (χ2v) is 5.97. The van der Waals surface area contributed by atoms with Crippen molar-refractivity contribution in [2.45, 2.75) is 26.8 Å². The van der Waals surface area contributed by atoms with Gasteiger partial charge < -0.3 is 15.2 Å². The van der Waals surface area contributed by atoms with Crippen LogP contribution in [0.25, 0.3) is 0 Å². The van der Waals surface area contributed by atoms with E-state index in [0.29, 0.717) is 17.1 Å². The zero-order valence-corrected chi connectivity index (χ0v) is 14.8. The molecule has 1 aromatic carbocycles. The van der Waals surface area contributed by atoms with E-state index in [4.69, 9.17) is 0 Å². The number of aryl methyl sites for hydroxylation is 1. The molecule has 1 aromatic heterocycles. The van der Waals surface area contributed by atoms with E-state index >= 15 is 0 Å². The Balaban J connectivity index is 1.97. The molecule has 0 aliphatic rings. The van der Waals surface area contributed by atoms with E-state index in [9.17, 15) is 9.59 Å². The number of anilines is 1. The molecule has 7 nitrogen and oxygen atoms in total. The fourth-order valence-corrected chi connectivity index (χ4v) is 2.18. The van der Waals surface area contributed by atoms with Crippen LogP contribution in [0, 0.1) is 0 Å². The third kappa shape index (κ3) is 5.20. The summed E-state index contributed by atoms with van der Waals surface area (Å²) >= 11 is 0. The van der Waals surface area contributed by atoms with Crippen molar-refractivity contribution in [1.29, 1.82) is 0 Å². The number of amides is 3. The van der Waals surface area contributed by atoms with E-state index in [1.807, 2.05) is 26.0 Å². The number of hydrogen-bond acceptors (Lipinski definition) is 3. The predicted molar refractivity (Wildman–Crippen MR) is 98.8 cm³/mol. The minimum atomic E-state index is -0.268. The average Bonchev–Trinajstić information content (AvgIpc) is 2.98. The third-order valence-corrected chi connectivity index (χ3v) is 3.48. The van der Waals surface area contributed by atoms with Crippen LogP contribution in [0.5, 0.6) is 0 Å². The molecule has 1 heterocycles. The van der Waals surface area contributed by atoms with Crippen molar-refractivity contribution in [2.75, 3.05) is 5.32 Å². The molecule has 0 fully saturated rings. The van der Waals surface area contributed by atoms with Gasteiger partial charge in [-0.3, -0.25) is 4.79 Å². The van der Waals surface area contributed by atoms with Crippen molar-refractivity contribution in [1.82, 2.24) is 15.3 Å². The van der Waals surface area contributed by atoms with Gasteiger partial charge in [0.15, 0.2) is 0 Å². The van der Waals surface area contributed by atoms with Crippen molar-refractivity contribution < 1.29 is 9.59 Å². The van der Waals surface area contributed by atoms with Crippen LogP contribution in [0.1, 0.15) is 36.8 Å². The van der Waals surface area contributed by atoms with E-state index < -0.39 is 0 Å². The fraction of sp³-hybridized carbons (Fsp3) is 0.278. The maximum atomic E-state index is 12.0. The molecule has 0 atom stereocenters. The van der Waals surface area contributed by atoms with Crippen molar-refractivity contribution in [2.24, 2.45) is 12.1 Å². The first-order valence-corrected chi connectivity index (χ1v) is 8.00. The second-order valence-electron chi connectivity index (χ2n) is 5.97. The zero-order valence-electron chi connectivity index (χ0n) is 14.8. The van der Waals surface area contributed by atoms with Crippen LogP contribution < -0.4 is 16.1 Å². The van der Waals surface area contributed by atoms with E-state index in [0.717, 1.165) is 5.56 Å². The molecule has 3 N–H and O–H groups in total. The Labute approximate surface area is 147 Å². The summed E-state index contributed by atoms with van der Waals surface area (Å²) in [5.41, 5.74) is 5.27. The number of hydrazone groups is 1. The average molecular weight is 341 g/mol. The summed E-state index contributed by atoms with van der Waals surface area (Å²) in [6.07, 6.45) is 1.80. The van der Waals surface area contributed by atoms with E-state index in [2.05, 4.69) is 21.2 Å². The molecule has 3 amide bonds. The minimum Gasteiger partial charge on any atom is -0.347 e. The molecule has 2 aromatic rings. The van der Waals surface area contributed by atoms with Crippen LogP contribution in [0.3, 0.4) is 0 Å². The first kappa shape index (κ1) is 18.3. The van der Waals surface area contributed by atoms with Gasteiger partial charge in [0.25, 0.3) is 5.91 Å². The van der Waals surface area contributed by atoms with Gasteiger partial charge in [-0.05, 0) is 50.6 Å². The monoisotopic (exact) mass is 341 g/mol. The predicted octanol–water partition coefficient (Wildman–Crippen LogP) is 2.71. The number of nitrogens with one attached hydrogen (secondary N) is 3. The third-order valence-electron chi connectivity index (χ3n) is 3.48. The molecular formula is C18H23N5O2. The molecule has 132 valence electrons. The molecule has 0 spiro atoms.